The fourth-order valence-corrected chi connectivity index (χ4v) is 6.30. The summed E-state index contributed by atoms with van der Waals surface area (Å²) in [5.74, 6) is 1.00. The van der Waals surface area contributed by atoms with Crippen LogP contribution in [0.3, 0.4) is 0 Å². The largest absolute Gasteiger partial charge is 0.306 e. The molecule has 0 radical (unpaired) electrons. The summed E-state index contributed by atoms with van der Waals surface area (Å²) in [4.78, 5) is 0. The third-order valence-electron chi connectivity index (χ3n) is 5.86. The molecule has 0 amide bonds. The summed E-state index contributed by atoms with van der Waals surface area (Å²) < 4.78 is 24.2. The molecule has 2 aromatic carbocycles. The first-order valence-corrected chi connectivity index (χ1v) is 11.5. The molecule has 0 aromatic heterocycles. The van der Waals surface area contributed by atoms with Crippen LogP contribution in [0.25, 0.3) is 0 Å². The van der Waals surface area contributed by atoms with E-state index in [0.29, 0.717) is 11.7 Å². The summed E-state index contributed by atoms with van der Waals surface area (Å²) in [5, 5.41) is 3.76. The Hall–Kier alpha value is -1.65. The molecule has 1 saturated heterocycles. The first-order chi connectivity index (χ1) is 12.6. The van der Waals surface area contributed by atoms with Crippen molar-refractivity contribution in [3.05, 3.63) is 71.3 Å². The van der Waals surface area contributed by atoms with Gasteiger partial charge in [0.15, 0.2) is 9.84 Å². The molecule has 1 fully saturated rings. The molecule has 2 aliphatic rings. The summed E-state index contributed by atoms with van der Waals surface area (Å²) in [6.45, 7) is 0. The van der Waals surface area contributed by atoms with Gasteiger partial charge in [-0.3, -0.25) is 0 Å². The van der Waals surface area contributed by atoms with E-state index in [4.69, 9.17) is 0 Å². The Kier molecular flexibility index (Phi) is 5.14. The van der Waals surface area contributed by atoms with Gasteiger partial charge >= 0.3 is 0 Å². The van der Waals surface area contributed by atoms with Crippen LogP contribution in [0.5, 0.6) is 0 Å². The maximum atomic E-state index is 12.1. The highest BCUT2D eigenvalue weighted by molar-refractivity contribution is 7.91. The zero-order chi connectivity index (χ0) is 18.0. The van der Waals surface area contributed by atoms with Gasteiger partial charge in [-0.25, -0.2) is 8.42 Å². The van der Waals surface area contributed by atoms with Gasteiger partial charge in [0.25, 0.3) is 0 Å². The van der Waals surface area contributed by atoms with Gasteiger partial charge in [0.2, 0.25) is 0 Å². The molecule has 0 unspecified atom stereocenters. The molecule has 0 bridgehead atoms. The normalized spacial score (nSPS) is 26.0. The maximum Gasteiger partial charge on any atom is 0.151 e. The smallest absolute Gasteiger partial charge is 0.151 e. The number of hydrogen-bond acceptors (Lipinski definition) is 3. The van der Waals surface area contributed by atoms with Gasteiger partial charge < -0.3 is 5.32 Å². The lowest BCUT2D eigenvalue weighted by molar-refractivity contribution is 0.352. The Morgan fingerprint density at radius 2 is 1.69 bits per heavy atom. The van der Waals surface area contributed by atoms with Crippen molar-refractivity contribution in [1.29, 1.82) is 0 Å². The summed E-state index contributed by atoms with van der Waals surface area (Å²) in [6.07, 6.45) is 5.18. The van der Waals surface area contributed by atoms with Crippen LogP contribution in [0, 0.1) is 0 Å². The quantitative estimate of drug-likeness (QED) is 0.885. The zero-order valence-electron chi connectivity index (χ0n) is 15.1. The number of fused-ring (bicyclic) bond motifs is 1. The van der Waals surface area contributed by atoms with Crippen molar-refractivity contribution >= 4 is 9.84 Å². The van der Waals surface area contributed by atoms with E-state index in [1.54, 1.807) is 0 Å². The van der Waals surface area contributed by atoms with Gasteiger partial charge in [0.05, 0.1) is 11.5 Å². The monoisotopic (exact) mass is 369 g/mol. The van der Waals surface area contributed by atoms with Gasteiger partial charge in [0, 0.05) is 18.0 Å². The number of hydrogen-bond donors (Lipinski definition) is 1. The van der Waals surface area contributed by atoms with E-state index >= 15 is 0 Å². The van der Waals surface area contributed by atoms with E-state index in [2.05, 4.69) is 53.8 Å². The molecule has 0 saturated carbocycles. The molecule has 3 nitrogen and oxygen atoms in total. The molecular weight excluding hydrogens is 342 g/mol. The van der Waals surface area contributed by atoms with Crippen molar-refractivity contribution in [2.75, 3.05) is 11.5 Å². The number of rotatable bonds is 4. The van der Waals surface area contributed by atoms with Gasteiger partial charge in [-0.1, -0.05) is 54.6 Å². The van der Waals surface area contributed by atoms with E-state index in [1.807, 2.05) is 6.07 Å². The van der Waals surface area contributed by atoms with Crippen molar-refractivity contribution in [1.82, 2.24) is 5.32 Å². The highest BCUT2D eigenvalue weighted by Gasteiger charge is 2.33. The van der Waals surface area contributed by atoms with Gasteiger partial charge in [-0.2, -0.15) is 0 Å². The Labute approximate surface area is 156 Å². The van der Waals surface area contributed by atoms with Crippen molar-refractivity contribution in [3.63, 3.8) is 0 Å². The molecule has 3 atom stereocenters. The lowest BCUT2D eigenvalue weighted by Crippen LogP contribution is -2.44. The predicted octanol–water partition coefficient (Wildman–Crippen LogP) is 4.01. The van der Waals surface area contributed by atoms with Gasteiger partial charge in [0.1, 0.15) is 0 Å². The third-order valence-corrected chi connectivity index (χ3v) is 7.68. The van der Waals surface area contributed by atoms with Crippen LogP contribution >= 0.6 is 0 Å². The SMILES string of the molecule is O=S1(=O)CCC[C@H](N[C@H](c2ccccc2)[C@H]2CCCc3ccccc32)C1. The minimum absolute atomic E-state index is 0.0491. The molecule has 4 rings (SSSR count). The van der Waals surface area contributed by atoms with Crippen molar-refractivity contribution in [3.8, 4) is 0 Å². The van der Waals surface area contributed by atoms with Crippen LogP contribution in [-0.4, -0.2) is 26.0 Å². The lowest BCUT2D eigenvalue weighted by atomic mass is 9.76. The second-order valence-electron chi connectivity index (χ2n) is 7.71. The van der Waals surface area contributed by atoms with E-state index < -0.39 is 9.84 Å². The fourth-order valence-electron chi connectivity index (χ4n) is 4.65. The van der Waals surface area contributed by atoms with Gasteiger partial charge in [-0.05, 0) is 48.8 Å². The summed E-state index contributed by atoms with van der Waals surface area (Å²) >= 11 is 0. The van der Waals surface area contributed by atoms with Crippen LogP contribution in [0.1, 0.15) is 54.3 Å². The topological polar surface area (TPSA) is 46.2 Å². The Balaban J connectivity index is 1.66. The molecule has 2 aromatic rings. The third kappa shape index (κ3) is 3.86. The minimum Gasteiger partial charge on any atom is -0.306 e. The molecule has 138 valence electrons. The van der Waals surface area contributed by atoms with Crippen molar-refractivity contribution in [2.24, 2.45) is 0 Å². The average Bonchev–Trinajstić information content (AvgIpc) is 2.66. The Bertz CT molecular complexity index is 847. The first kappa shape index (κ1) is 17.7. The molecule has 1 N–H and O–H groups in total. The first-order valence-electron chi connectivity index (χ1n) is 9.72. The predicted molar refractivity (Wildman–Crippen MR) is 106 cm³/mol. The highest BCUT2D eigenvalue weighted by atomic mass is 32.2. The van der Waals surface area contributed by atoms with E-state index in [-0.39, 0.29) is 17.8 Å². The summed E-state index contributed by atoms with van der Waals surface area (Å²) in [5.41, 5.74) is 4.14. The van der Waals surface area contributed by atoms with Crippen molar-refractivity contribution < 1.29 is 8.42 Å². The van der Waals surface area contributed by atoms with E-state index in [9.17, 15) is 8.42 Å². The molecule has 1 aliphatic carbocycles. The fraction of sp³-hybridized carbons (Fsp3) is 0.455. The highest BCUT2D eigenvalue weighted by Crippen LogP contribution is 2.40. The number of nitrogens with one attached hydrogen (secondary N) is 1. The second-order valence-corrected chi connectivity index (χ2v) is 9.93. The van der Waals surface area contributed by atoms with E-state index in [1.165, 1.54) is 23.1 Å². The van der Waals surface area contributed by atoms with Crippen LogP contribution in [-0.2, 0) is 16.3 Å². The molecule has 26 heavy (non-hydrogen) atoms. The van der Waals surface area contributed by atoms with Crippen LogP contribution < -0.4 is 5.32 Å². The Morgan fingerprint density at radius 3 is 2.50 bits per heavy atom. The van der Waals surface area contributed by atoms with Crippen LogP contribution in [0.2, 0.25) is 0 Å². The van der Waals surface area contributed by atoms with E-state index in [0.717, 1.165) is 25.7 Å². The van der Waals surface area contributed by atoms with Gasteiger partial charge in [-0.15, -0.1) is 0 Å². The number of benzene rings is 2. The minimum atomic E-state index is -2.91. The maximum absolute atomic E-state index is 12.1. The Morgan fingerprint density at radius 1 is 0.923 bits per heavy atom. The van der Waals surface area contributed by atoms with Crippen LogP contribution in [0.15, 0.2) is 54.6 Å². The molecule has 0 spiro atoms. The summed E-state index contributed by atoms with van der Waals surface area (Å²) in [6, 6.07) is 19.5. The lowest BCUT2D eigenvalue weighted by Gasteiger charge is -2.37. The molecule has 4 heteroatoms. The molecule has 1 heterocycles. The van der Waals surface area contributed by atoms with Crippen molar-refractivity contribution in [2.45, 2.75) is 50.1 Å². The number of sulfone groups is 1. The number of aryl methyl sites for hydroxylation is 1. The van der Waals surface area contributed by atoms with Crippen LogP contribution in [0.4, 0.5) is 0 Å². The molecule has 1 aliphatic heterocycles. The zero-order valence-corrected chi connectivity index (χ0v) is 15.9. The second kappa shape index (κ2) is 7.53. The average molecular weight is 370 g/mol. The summed E-state index contributed by atoms with van der Waals surface area (Å²) in [7, 11) is -2.91. The molecular formula is C22H27NO2S. The standard InChI is InChI=1S/C22H27NO2S/c24-26(25)15-7-12-19(16-26)23-22(18-9-2-1-3-10-18)21-14-6-11-17-8-4-5-13-20(17)21/h1-5,8-10,13,19,21-23H,6-7,11-12,14-16H2/t19-,21-,22+/m0/s1.